The molecule has 6 aromatic carbocycles. The molecule has 1 spiro atoms. The molecule has 178 valence electrons. The summed E-state index contributed by atoms with van der Waals surface area (Å²) in [6.07, 6.45) is 0. The minimum Gasteiger partial charge on any atom is -0.135 e. The van der Waals surface area contributed by atoms with Gasteiger partial charge in [0.1, 0.15) is 7.85 Å². The van der Waals surface area contributed by atoms with E-state index in [0.717, 1.165) is 5.46 Å². The molecule has 2 heteroatoms. The van der Waals surface area contributed by atoms with Crippen LogP contribution in [0.1, 0.15) is 22.3 Å². The average Bonchev–Trinajstić information content (AvgIpc) is 3.60. The molecular weight excluding hydrogens is 487 g/mol. The van der Waals surface area contributed by atoms with Crippen molar-refractivity contribution >= 4 is 44.8 Å². The summed E-state index contributed by atoms with van der Waals surface area (Å²) < 4.78 is 2.57. The summed E-state index contributed by atoms with van der Waals surface area (Å²) in [6, 6.07) is 47.2. The minimum absolute atomic E-state index is 0.311. The van der Waals surface area contributed by atoms with E-state index in [9.17, 15) is 0 Å². The van der Waals surface area contributed by atoms with Crippen LogP contribution in [-0.4, -0.2) is 7.85 Å². The van der Waals surface area contributed by atoms with Crippen LogP contribution in [0.2, 0.25) is 0 Å². The molecule has 2 aliphatic rings. The Bertz CT molecular complexity index is 2080. The summed E-state index contributed by atoms with van der Waals surface area (Å²) in [4.78, 5) is 0. The molecule has 0 fully saturated rings. The summed E-state index contributed by atoms with van der Waals surface area (Å²) in [6.45, 7) is 0. The topological polar surface area (TPSA) is 0 Å². The SMILES string of the molecule is [B]c1ccc2sc3cc(-c4ccc5c(c4)C4(c6ccccc6-c6ccccc64)c4ccccc4-5)ccc3c2c1. The Labute approximate surface area is 232 Å². The van der Waals surface area contributed by atoms with Crippen molar-refractivity contribution in [2.75, 3.05) is 0 Å². The van der Waals surface area contributed by atoms with Crippen molar-refractivity contribution in [3.8, 4) is 33.4 Å². The van der Waals surface area contributed by atoms with Crippen molar-refractivity contribution in [3.63, 3.8) is 0 Å². The van der Waals surface area contributed by atoms with Crippen LogP contribution in [0.4, 0.5) is 0 Å². The van der Waals surface area contributed by atoms with E-state index in [1.165, 1.54) is 75.8 Å². The first-order valence-electron chi connectivity index (χ1n) is 13.4. The van der Waals surface area contributed by atoms with Crippen molar-refractivity contribution in [1.82, 2.24) is 0 Å². The Balaban J connectivity index is 1.33. The van der Waals surface area contributed by atoms with E-state index in [-0.39, 0.29) is 5.41 Å². The highest BCUT2D eigenvalue weighted by atomic mass is 32.1. The van der Waals surface area contributed by atoms with Gasteiger partial charge in [0, 0.05) is 14.8 Å². The lowest BCUT2D eigenvalue weighted by atomic mass is 9.70. The van der Waals surface area contributed by atoms with E-state index >= 15 is 0 Å². The van der Waals surface area contributed by atoms with Crippen LogP contribution < -0.4 is 5.46 Å². The Morgan fingerprint density at radius 2 is 1.00 bits per heavy atom. The number of rotatable bonds is 1. The Kier molecular flexibility index (Phi) is 4.19. The fraction of sp³-hybridized carbons (Fsp3) is 0.0270. The molecule has 0 aliphatic heterocycles. The van der Waals surface area contributed by atoms with Gasteiger partial charge in [-0.3, -0.25) is 0 Å². The highest BCUT2D eigenvalue weighted by molar-refractivity contribution is 7.25. The Morgan fingerprint density at radius 3 is 1.67 bits per heavy atom. The van der Waals surface area contributed by atoms with E-state index in [1.54, 1.807) is 0 Å². The summed E-state index contributed by atoms with van der Waals surface area (Å²) in [5.74, 6) is 0. The Morgan fingerprint density at radius 1 is 0.436 bits per heavy atom. The van der Waals surface area contributed by atoms with Gasteiger partial charge in [0.2, 0.25) is 0 Å². The fourth-order valence-electron chi connectivity index (χ4n) is 7.25. The van der Waals surface area contributed by atoms with Gasteiger partial charge in [-0.05, 0) is 79.2 Å². The monoisotopic (exact) mass is 508 g/mol. The number of benzene rings is 6. The lowest BCUT2D eigenvalue weighted by Gasteiger charge is -2.30. The zero-order chi connectivity index (χ0) is 25.7. The van der Waals surface area contributed by atoms with Crippen LogP contribution in [-0.2, 0) is 5.41 Å². The molecule has 7 aromatic rings. The van der Waals surface area contributed by atoms with Crippen molar-refractivity contribution in [3.05, 3.63) is 150 Å². The average molecular weight is 508 g/mol. The van der Waals surface area contributed by atoms with Gasteiger partial charge in [0.25, 0.3) is 0 Å². The van der Waals surface area contributed by atoms with Crippen LogP contribution in [0.5, 0.6) is 0 Å². The maximum absolute atomic E-state index is 6.11. The maximum atomic E-state index is 6.11. The molecule has 2 aliphatic carbocycles. The van der Waals surface area contributed by atoms with Gasteiger partial charge < -0.3 is 0 Å². The van der Waals surface area contributed by atoms with Crippen LogP contribution in [0.25, 0.3) is 53.6 Å². The second kappa shape index (κ2) is 7.59. The molecule has 0 bridgehead atoms. The third-order valence-corrected chi connectivity index (χ3v) is 9.96. The standard InChI is InChI=1S/C37H21BS/c38-24-15-18-35-30(21-24)29-17-14-23(20-36(29)39-35)22-13-16-28-27-9-3-6-12-33(27)37(34(28)19-22)31-10-4-1-7-25(31)26-8-2-5-11-32(26)37/h1-21H. The van der Waals surface area contributed by atoms with Crippen molar-refractivity contribution in [2.24, 2.45) is 0 Å². The van der Waals surface area contributed by atoms with Crippen molar-refractivity contribution < 1.29 is 0 Å². The van der Waals surface area contributed by atoms with Gasteiger partial charge in [0.15, 0.2) is 0 Å². The molecule has 2 radical (unpaired) electrons. The third-order valence-electron chi connectivity index (χ3n) is 8.83. The molecule has 0 amide bonds. The van der Waals surface area contributed by atoms with Gasteiger partial charge in [-0.1, -0.05) is 115 Å². The highest BCUT2D eigenvalue weighted by Crippen LogP contribution is 2.63. The lowest BCUT2D eigenvalue weighted by molar-refractivity contribution is 0.794. The summed E-state index contributed by atoms with van der Waals surface area (Å²) >= 11 is 1.84. The predicted octanol–water partition coefficient (Wildman–Crippen LogP) is 8.86. The summed E-state index contributed by atoms with van der Waals surface area (Å²) in [5.41, 5.74) is 13.9. The van der Waals surface area contributed by atoms with Crippen molar-refractivity contribution in [1.29, 1.82) is 0 Å². The molecule has 0 saturated heterocycles. The second-order valence-electron chi connectivity index (χ2n) is 10.7. The fourth-order valence-corrected chi connectivity index (χ4v) is 8.37. The van der Waals surface area contributed by atoms with Gasteiger partial charge in [-0.25, -0.2) is 0 Å². The minimum atomic E-state index is -0.311. The molecule has 0 unspecified atom stereocenters. The first kappa shape index (κ1) is 21.5. The maximum Gasteiger partial charge on any atom is 0.113 e. The molecule has 0 nitrogen and oxygen atoms in total. The van der Waals surface area contributed by atoms with Crippen LogP contribution in [0, 0.1) is 0 Å². The first-order valence-corrected chi connectivity index (χ1v) is 14.2. The first-order chi connectivity index (χ1) is 19.2. The van der Waals surface area contributed by atoms with Crippen LogP contribution in [0.15, 0.2) is 127 Å². The molecule has 9 rings (SSSR count). The molecule has 39 heavy (non-hydrogen) atoms. The largest absolute Gasteiger partial charge is 0.135 e. The van der Waals surface area contributed by atoms with Gasteiger partial charge >= 0.3 is 0 Å². The quantitative estimate of drug-likeness (QED) is 0.194. The number of fused-ring (bicyclic) bond motifs is 13. The van der Waals surface area contributed by atoms with E-state index in [4.69, 9.17) is 7.85 Å². The van der Waals surface area contributed by atoms with Gasteiger partial charge in [0.05, 0.1) is 5.41 Å². The molecule has 0 atom stereocenters. The second-order valence-corrected chi connectivity index (χ2v) is 11.8. The number of hydrogen-bond donors (Lipinski definition) is 0. The van der Waals surface area contributed by atoms with Gasteiger partial charge in [-0.2, -0.15) is 0 Å². The summed E-state index contributed by atoms with van der Waals surface area (Å²) in [7, 11) is 6.11. The van der Waals surface area contributed by atoms with Crippen LogP contribution >= 0.6 is 11.3 Å². The highest BCUT2D eigenvalue weighted by Gasteiger charge is 2.51. The normalized spacial score (nSPS) is 13.9. The van der Waals surface area contributed by atoms with Gasteiger partial charge in [-0.15, -0.1) is 11.3 Å². The van der Waals surface area contributed by atoms with Crippen LogP contribution in [0.3, 0.4) is 0 Å². The van der Waals surface area contributed by atoms with E-state index in [1.807, 2.05) is 17.4 Å². The summed E-state index contributed by atoms with van der Waals surface area (Å²) in [5, 5.41) is 2.51. The lowest BCUT2D eigenvalue weighted by Crippen LogP contribution is -2.25. The predicted molar refractivity (Wildman–Crippen MR) is 166 cm³/mol. The molecule has 1 heterocycles. The Hall–Kier alpha value is -4.40. The number of hydrogen-bond acceptors (Lipinski definition) is 1. The van der Waals surface area contributed by atoms with E-state index in [2.05, 4.69) is 121 Å². The molecule has 0 saturated carbocycles. The number of thiophene rings is 1. The zero-order valence-corrected chi connectivity index (χ0v) is 21.9. The zero-order valence-electron chi connectivity index (χ0n) is 21.1. The molecule has 0 N–H and O–H groups in total. The molecule has 1 aromatic heterocycles. The van der Waals surface area contributed by atoms with E-state index in [0.29, 0.717) is 0 Å². The molecular formula is C37H21BS. The third kappa shape index (κ3) is 2.69. The smallest absolute Gasteiger partial charge is 0.113 e. The van der Waals surface area contributed by atoms with Crippen molar-refractivity contribution in [2.45, 2.75) is 5.41 Å². The van der Waals surface area contributed by atoms with E-state index < -0.39 is 0 Å².